The summed E-state index contributed by atoms with van der Waals surface area (Å²) in [5, 5.41) is 2.86. The summed E-state index contributed by atoms with van der Waals surface area (Å²) in [5.41, 5.74) is 3.47. The highest BCUT2D eigenvalue weighted by molar-refractivity contribution is 5.95. The van der Waals surface area contributed by atoms with Crippen molar-refractivity contribution < 1.29 is 14.4 Å². The zero-order chi connectivity index (χ0) is 18.7. The molecular weight excluding hydrogens is 328 g/mol. The first kappa shape index (κ1) is 17.9. The number of nitrogens with one attached hydrogen (secondary N) is 1. The van der Waals surface area contributed by atoms with Gasteiger partial charge in [0.1, 0.15) is 0 Å². The summed E-state index contributed by atoms with van der Waals surface area (Å²) < 4.78 is 0. The van der Waals surface area contributed by atoms with Crippen LogP contribution in [0.5, 0.6) is 0 Å². The highest BCUT2D eigenvalue weighted by atomic mass is 16.2. The lowest BCUT2D eigenvalue weighted by Crippen LogP contribution is -2.40. The van der Waals surface area contributed by atoms with E-state index < -0.39 is 0 Å². The van der Waals surface area contributed by atoms with Gasteiger partial charge in [-0.2, -0.15) is 0 Å². The minimum absolute atomic E-state index is 0.0150. The monoisotopic (exact) mass is 350 g/mol. The Morgan fingerprint density at radius 3 is 2.38 bits per heavy atom. The number of hydrogen-bond acceptors (Lipinski definition) is 3. The molecule has 0 bridgehead atoms. The lowest BCUT2D eigenvalue weighted by atomic mass is 9.90. The maximum Gasteiger partial charge on any atom is 0.226 e. The van der Waals surface area contributed by atoms with Crippen LogP contribution in [0.2, 0.25) is 0 Å². The van der Waals surface area contributed by atoms with E-state index in [1.807, 2.05) is 18.2 Å². The molecule has 1 atom stereocenters. The molecule has 0 saturated carbocycles. The van der Waals surface area contributed by atoms with Gasteiger partial charge in [-0.15, -0.1) is 0 Å². The fourth-order valence-corrected chi connectivity index (χ4v) is 3.42. The van der Waals surface area contributed by atoms with Crippen molar-refractivity contribution in [2.45, 2.75) is 32.7 Å². The molecule has 1 aliphatic rings. The molecule has 0 aromatic heterocycles. The highest BCUT2D eigenvalue weighted by Crippen LogP contribution is 2.32. The predicted molar refractivity (Wildman–Crippen MR) is 100.0 cm³/mol. The molecule has 5 nitrogen and oxygen atoms in total. The Hall–Kier alpha value is -2.95. The summed E-state index contributed by atoms with van der Waals surface area (Å²) >= 11 is 0. The van der Waals surface area contributed by atoms with Gasteiger partial charge in [-0.05, 0) is 48.7 Å². The second kappa shape index (κ2) is 7.52. The number of nitrogens with zero attached hydrogens (tertiary/aromatic N) is 1. The predicted octanol–water partition coefficient (Wildman–Crippen LogP) is 3.36. The first-order chi connectivity index (χ1) is 12.5. The van der Waals surface area contributed by atoms with Crippen molar-refractivity contribution in [3.8, 4) is 0 Å². The van der Waals surface area contributed by atoms with Gasteiger partial charge in [0.15, 0.2) is 5.78 Å². The van der Waals surface area contributed by atoms with Gasteiger partial charge in [0.25, 0.3) is 0 Å². The number of benzene rings is 2. The number of hydrogen-bond donors (Lipinski definition) is 1. The maximum absolute atomic E-state index is 12.6. The van der Waals surface area contributed by atoms with E-state index in [0.717, 1.165) is 12.0 Å². The van der Waals surface area contributed by atoms with E-state index in [-0.39, 0.29) is 30.1 Å². The number of Topliss-reactive ketones (excluding diaryl/α,β-unsaturated/α-hetero) is 1. The first-order valence-corrected chi connectivity index (χ1v) is 8.71. The van der Waals surface area contributed by atoms with Crippen LogP contribution < -0.4 is 5.32 Å². The van der Waals surface area contributed by atoms with Crippen molar-refractivity contribution in [1.82, 2.24) is 4.90 Å². The quantitative estimate of drug-likeness (QED) is 0.860. The number of anilines is 1. The molecule has 2 amide bonds. The third-order valence-electron chi connectivity index (χ3n) is 4.77. The Kier molecular flexibility index (Phi) is 5.16. The second-order valence-corrected chi connectivity index (χ2v) is 6.56. The first-order valence-electron chi connectivity index (χ1n) is 8.71. The number of fused-ring (bicyclic) bond motifs is 1. The van der Waals surface area contributed by atoms with Crippen LogP contribution in [0.25, 0.3) is 0 Å². The molecule has 0 fully saturated rings. The molecule has 1 N–H and O–H groups in total. The summed E-state index contributed by atoms with van der Waals surface area (Å²) in [6, 6.07) is 14.5. The van der Waals surface area contributed by atoms with Crippen LogP contribution in [-0.4, -0.2) is 29.0 Å². The molecule has 2 aromatic carbocycles. The fraction of sp³-hybridized carbons (Fsp3) is 0.286. The molecule has 134 valence electrons. The van der Waals surface area contributed by atoms with Gasteiger partial charge in [0, 0.05) is 24.7 Å². The fourth-order valence-electron chi connectivity index (χ4n) is 3.42. The van der Waals surface area contributed by atoms with Crippen LogP contribution in [-0.2, 0) is 16.0 Å². The highest BCUT2D eigenvalue weighted by Gasteiger charge is 2.30. The van der Waals surface area contributed by atoms with Crippen LogP contribution in [0.4, 0.5) is 5.69 Å². The molecule has 3 rings (SSSR count). The molecule has 0 aliphatic carbocycles. The van der Waals surface area contributed by atoms with Gasteiger partial charge < -0.3 is 10.2 Å². The zero-order valence-electron chi connectivity index (χ0n) is 15.0. The van der Waals surface area contributed by atoms with E-state index in [2.05, 4.69) is 11.4 Å². The lowest BCUT2D eigenvalue weighted by molar-refractivity contribution is -0.132. The van der Waals surface area contributed by atoms with Crippen LogP contribution in [0.15, 0.2) is 48.5 Å². The maximum atomic E-state index is 12.6. The SMILES string of the molecule is CC(=O)c1ccc(NC(=O)CC2c3ccccc3CCN2C(C)=O)cc1. The Bertz CT molecular complexity index is 843. The molecule has 2 aromatic rings. The van der Waals surface area contributed by atoms with Crippen molar-refractivity contribution >= 4 is 23.3 Å². The van der Waals surface area contributed by atoms with Crippen molar-refractivity contribution in [3.63, 3.8) is 0 Å². The average molecular weight is 350 g/mol. The number of carbonyl (C=O) groups is 3. The van der Waals surface area contributed by atoms with Crippen LogP contribution >= 0.6 is 0 Å². The van der Waals surface area contributed by atoms with Crippen LogP contribution in [0.1, 0.15) is 47.8 Å². The zero-order valence-corrected chi connectivity index (χ0v) is 15.0. The molecule has 0 radical (unpaired) electrons. The molecular formula is C21H22N2O3. The Balaban J connectivity index is 1.76. The van der Waals surface area contributed by atoms with E-state index in [1.54, 1.807) is 36.1 Å². The van der Waals surface area contributed by atoms with Crippen LogP contribution in [0, 0.1) is 0 Å². The molecule has 1 aliphatic heterocycles. The Labute approximate surface area is 153 Å². The standard InChI is InChI=1S/C21H22N2O3/c1-14(24)16-7-9-18(10-8-16)22-21(26)13-20-19-6-4-3-5-17(19)11-12-23(20)15(2)25/h3-10,20H,11-13H2,1-2H3,(H,22,26). The average Bonchev–Trinajstić information content (AvgIpc) is 2.62. The minimum Gasteiger partial charge on any atom is -0.335 e. The molecule has 5 heteroatoms. The molecule has 0 saturated heterocycles. The van der Waals surface area contributed by atoms with E-state index in [0.29, 0.717) is 17.8 Å². The van der Waals surface area contributed by atoms with Gasteiger partial charge >= 0.3 is 0 Å². The summed E-state index contributed by atoms with van der Waals surface area (Å²) in [7, 11) is 0. The van der Waals surface area contributed by atoms with Gasteiger partial charge in [0.05, 0.1) is 12.5 Å². The summed E-state index contributed by atoms with van der Waals surface area (Å²) in [4.78, 5) is 37.7. The molecule has 26 heavy (non-hydrogen) atoms. The van der Waals surface area contributed by atoms with E-state index in [1.165, 1.54) is 12.5 Å². The second-order valence-electron chi connectivity index (χ2n) is 6.56. The number of rotatable bonds is 4. The van der Waals surface area contributed by atoms with Crippen molar-refractivity contribution in [3.05, 3.63) is 65.2 Å². The summed E-state index contributed by atoms with van der Waals surface area (Å²) in [6.07, 6.45) is 1.01. The van der Waals surface area contributed by atoms with Gasteiger partial charge in [-0.1, -0.05) is 24.3 Å². The number of carbonyl (C=O) groups excluding carboxylic acids is 3. The topological polar surface area (TPSA) is 66.5 Å². The van der Waals surface area contributed by atoms with E-state index in [9.17, 15) is 14.4 Å². The Morgan fingerprint density at radius 2 is 1.73 bits per heavy atom. The Morgan fingerprint density at radius 1 is 1.04 bits per heavy atom. The summed E-state index contributed by atoms with van der Waals surface area (Å²) in [6.45, 7) is 3.67. The van der Waals surface area contributed by atoms with Crippen LogP contribution in [0.3, 0.4) is 0 Å². The van der Waals surface area contributed by atoms with Gasteiger partial charge in [-0.25, -0.2) is 0 Å². The third-order valence-corrected chi connectivity index (χ3v) is 4.77. The number of ketones is 1. The molecule has 0 spiro atoms. The van der Waals surface area contributed by atoms with Gasteiger partial charge in [-0.3, -0.25) is 14.4 Å². The lowest BCUT2D eigenvalue weighted by Gasteiger charge is -2.36. The minimum atomic E-state index is -0.256. The van der Waals surface area contributed by atoms with Crippen molar-refractivity contribution in [1.29, 1.82) is 0 Å². The van der Waals surface area contributed by atoms with Gasteiger partial charge in [0.2, 0.25) is 11.8 Å². The molecule has 1 heterocycles. The third kappa shape index (κ3) is 3.82. The number of amides is 2. The largest absolute Gasteiger partial charge is 0.335 e. The van der Waals surface area contributed by atoms with Crippen molar-refractivity contribution in [2.75, 3.05) is 11.9 Å². The summed E-state index contributed by atoms with van der Waals surface area (Å²) in [5.74, 6) is -0.199. The van der Waals surface area contributed by atoms with E-state index >= 15 is 0 Å². The smallest absolute Gasteiger partial charge is 0.226 e. The normalized spacial score (nSPS) is 15.9. The van der Waals surface area contributed by atoms with Crippen molar-refractivity contribution in [2.24, 2.45) is 0 Å². The molecule has 1 unspecified atom stereocenters. The van der Waals surface area contributed by atoms with E-state index in [4.69, 9.17) is 0 Å².